The molecular weight excluding hydrogens is 200 g/mol. The van der Waals surface area contributed by atoms with Gasteiger partial charge in [-0.05, 0) is 31.8 Å². The van der Waals surface area contributed by atoms with Gasteiger partial charge in [0.15, 0.2) is 0 Å². The molecule has 1 fully saturated rings. The molecule has 1 aromatic heterocycles. The molecule has 16 heavy (non-hydrogen) atoms. The molecule has 0 saturated carbocycles. The van der Waals surface area contributed by atoms with Crippen molar-refractivity contribution in [3.63, 3.8) is 0 Å². The van der Waals surface area contributed by atoms with E-state index >= 15 is 0 Å². The summed E-state index contributed by atoms with van der Waals surface area (Å²) in [6.07, 6.45) is 4.41. The Bertz CT molecular complexity index is 313. The van der Waals surface area contributed by atoms with Crippen molar-refractivity contribution in [2.75, 3.05) is 13.1 Å². The second-order valence-electron chi connectivity index (χ2n) is 4.87. The van der Waals surface area contributed by atoms with Gasteiger partial charge in [-0.3, -0.25) is 5.10 Å². The Hall–Kier alpha value is -0.870. The normalized spacial score (nSPS) is 18.2. The number of aromatic nitrogens is 2. The van der Waals surface area contributed by atoms with E-state index in [0.717, 1.165) is 19.6 Å². The molecule has 0 aromatic carbocycles. The maximum absolute atomic E-state index is 4.13. The predicted octanol–water partition coefficient (Wildman–Crippen LogP) is 1.37. The van der Waals surface area contributed by atoms with E-state index in [1.165, 1.54) is 24.1 Å². The van der Waals surface area contributed by atoms with Crippen LogP contribution < -0.4 is 10.6 Å². The first-order valence-electron chi connectivity index (χ1n) is 6.23. The highest BCUT2D eigenvalue weighted by Gasteiger charge is 2.14. The van der Waals surface area contributed by atoms with E-state index in [0.29, 0.717) is 12.0 Å². The minimum Gasteiger partial charge on any atom is -0.317 e. The van der Waals surface area contributed by atoms with E-state index in [-0.39, 0.29) is 0 Å². The molecule has 4 heteroatoms. The van der Waals surface area contributed by atoms with Crippen molar-refractivity contribution in [1.29, 1.82) is 0 Å². The topological polar surface area (TPSA) is 52.7 Å². The third-order valence-electron chi connectivity index (χ3n) is 3.25. The number of piperidine rings is 1. The lowest BCUT2D eigenvalue weighted by molar-refractivity contribution is 0.386. The number of H-pyrrole nitrogens is 1. The summed E-state index contributed by atoms with van der Waals surface area (Å²) in [4.78, 5) is 0. The molecule has 0 unspecified atom stereocenters. The van der Waals surface area contributed by atoms with Crippen molar-refractivity contribution in [3.05, 3.63) is 17.5 Å². The van der Waals surface area contributed by atoms with Crippen LogP contribution in [0, 0.1) is 0 Å². The first-order valence-corrected chi connectivity index (χ1v) is 6.23. The minimum atomic E-state index is 0.521. The van der Waals surface area contributed by atoms with Crippen molar-refractivity contribution in [3.8, 4) is 0 Å². The molecule has 1 saturated heterocycles. The Labute approximate surface area is 97.2 Å². The summed E-state index contributed by atoms with van der Waals surface area (Å²) in [6, 6.07) is 0.663. The summed E-state index contributed by atoms with van der Waals surface area (Å²) in [5.74, 6) is 0.521. The second-order valence-corrected chi connectivity index (χ2v) is 4.87. The van der Waals surface area contributed by atoms with Crippen LogP contribution in [0.5, 0.6) is 0 Å². The highest BCUT2D eigenvalue weighted by molar-refractivity contribution is 5.19. The van der Waals surface area contributed by atoms with Crippen molar-refractivity contribution >= 4 is 0 Å². The molecule has 0 radical (unpaired) electrons. The van der Waals surface area contributed by atoms with E-state index in [1.54, 1.807) is 0 Å². The number of nitrogens with one attached hydrogen (secondary N) is 3. The molecule has 1 aliphatic rings. The zero-order valence-corrected chi connectivity index (χ0v) is 10.2. The van der Waals surface area contributed by atoms with Gasteiger partial charge < -0.3 is 10.6 Å². The maximum Gasteiger partial charge on any atom is 0.0535 e. The fourth-order valence-electron chi connectivity index (χ4n) is 2.24. The Morgan fingerprint density at radius 2 is 2.19 bits per heavy atom. The molecule has 4 nitrogen and oxygen atoms in total. The van der Waals surface area contributed by atoms with Crippen LogP contribution in [-0.2, 0) is 6.54 Å². The van der Waals surface area contributed by atoms with Gasteiger partial charge in [0, 0.05) is 23.8 Å². The summed E-state index contributed by atoms with van der Waals surface area (Å²) in [5.41, 5.74) is 2.58. The van der Waals surface area contributed by atoms with E-state index in [1.807, 2.05) is 6.20 Å². The minimum absolute atomic E-state index is 0.521. The third kappa shape index (κ3) is 2.83. The number of rotatable bonds is 4. The lowest BCUT2D eigenvalue weighted by atomic mass is 10.0. The highest BCUT2D eigenvalue weighted by atomic mass is 15.1. The molecule has 0 amide bonds. The van der Waals surface area contributed by atoms with Gasteiger partial charge in [-0.25, -0.2) is 0 Å². The van der Waals surface area contributed by atoms with Gasteiger partial charge in [-0.1, -0.05) is 13.8 Å². The smallest absolute Gasteiger partial charge is 0.0535 e. The van der Waals surface area contributed by atoms with Crippen molar-refractivity contribution in [2.45, 2.75) is 45.2 Å². The van der Waals surface area contributed by atoms with E-state index in [4.69, 9.17) is 0 Å². The summed E-state index contributed by atoms with van der Waals surface area (Å²) in [5, 5.41) is 14.2. The first kappa shape index (κ1) is 11.6. The van der Waals surface area contributed by atoms with Crippen LogP contribution in [0.3, 0.4) is 0 Å². The number of hydrogen-bond donors (Lipinski definition) is 3. The van der Waals surface area contributed by atoms with Crippen LogP contribution in [0.2, 0.25) is 0 Å². The fraction of sp³-hybridized carbons (Fsp3) is 0.750. The van der Waals surface area contributed by atoms with Crippen molar-refractivity contribution < 1.29 is 0 Å². The molecule has 0 atom stereocenters. The summed E-state index contributed by atoms with van der Waals surface area (Å²) >= 11 is 0. The number of nitrogens with zero attached hydrogens (tertiary/aromatic N) is 1. The average molecular weight is 222 g/mol. The molecule has 2 heterocycles. The lowest BCUT2D eigenvalue weighted by Crippen LogP contribution is -2.39. The molecule has 0 spiro atoms. The Morgan fingerprint density at radius 3 is 2.88 bits per heavy atom. The highest BCUT2D eigenvalue weighted by Crippen LogP contribution is 2.16. The van der Waals surface area contributed by atoms with Gasteiger partial charge in [0.1, 0.15) is 0 Å². The number of aromatic amines is 1. The Balaban J connectivity index is 1.86. The fourth-order valence-corrected chi connectivity index (χ4v) is 2.24. The van der Waals surface area contributed by atoms with Gasteiger partial charge in [-0.2, -0.15) is 5.10 Å². The zero-order valence-electron chi connectivity index (χ0n) is 10.2. The quantitative estimate of drug-likeness (QED) is 0.721. The lowest BCUT2D eigenvalue weighted by Gasteiger charge is -2.23. The zero-order chi connectivity index (χ0) is 11.4. The maximum atomic E-state index is 4.13. The SMILES string of the molecule is CC(C)c1[nH]ncc1CNC1CCNCC1. The van der Waals surface area contributed by atoms with Gasteiger partial charge in [-0.15, -0.1) is 0 Å². The van der Waals surface area contributed by atoms with Crippen LogP contribution in [0.25, 0.3) is 0 Å². The predicted molar refractivity (Wildman–Crippen MR) is 65.4 cm³/mol. The van der Waals surface area contributed by atoms with Crippen LogP contribution in [0.15, 0.2) is 6.20 Å². The summed E-state index contributed by atoms with van der Waals surface area (Å²) in [7, 11) is 0. The third-order valence-corrected chi connectivity index (χ3v) is 3.25. The summed E-state index contributed by atoms with van der Waals surface area (Å²) in [6.45, 7) is 7.61. The Morgan fingerprint density at radius 1 is 1.44 bits per heavy atom. The molecule has 90 valence electrons. The summed E-state index contributed by atoms with van der Waals surface area (Å²) < 4.78 is 0. The van der Waals surface area contributed by atoms with Crippen LogP contribution in [0.1, 0.15) is 43.9 Å². The standard InChI is InChI=1S/C12H22N4/c1-9(2)12-10(8-15-16-12)7-14-11-3-5-13-6-4-11/h8-9,11,13-14H,3-7H2,1-2H3,(H,15,16). The molecule has 1 aromatic rings. The second kappa shape index (κ2) is 5.46. The molecule has 0 bridgehead atoms. The van der Waals surface area contributed by atoms with E-state index in [2.05, 4.69) is 34.7 Å². The van der Waals surface area contributed by atoms with Crippen LogP contribution in [-0.4, -0.2) is 29.3 Å². The first-order chi connectivity index (χ1) is 7.77. The molecular formula is C12H22N4. The van der Waals surface area contributed by atoms with Crippen molar-refractivity contribution in [2.24, 2.45) is 0 Å². The van der Waals surface area contributed by atoms with Gasteiger partial charge in [0.05, 0.1) is 6.20 Å². The largest absolute Gasteiger partial charge is 0.317 e. The molecule has 2 rings (SSSR count). The number of hydrogen-bond acceptors (Lipinski definition) is 3. The van der Waals surface area contributed by atoms with Crippen LogP contribution >= 0.6 is 0 Å². The molecule has 1 aliphatic heterocycles. The van der Waals surface area contributed by atoms with Crippen molar-refractivity contribution in [1.82, 2.24) is 20.8 Å². The van der Waals surface area contributed by atoms with Gasteiger partial charge in [0.2, 0.25) is 0 Å². The molecule has 3 N–H and O–H groups in total. The van der Waals surface area contributed by atoms with Gasteiger partial charge in [0.25, 0.3) is 0 Å². The van der Waals surface area contributed by atoms with Gasteiger partial charge >= 0.3 is 0 Å². The Kier molecular flexibility index (Phi) is 3.96. The van der Waals surface area contributed by atoms with E-state index in [9.17, 15) is 0 Å². The average Bonchev–Trinajstić information content (AvgIpc) is 2.76. The molecule has 0 aliphatic carbocycles. The monoisotopic (exact) mass is 222 g/mol. The van der Waals surface area contributed by atoms with E-state index < -0.39 is 0 Å². The van der Waals surface area contributed by atoms with Crippen LogP contribution in [0.4, 0.5) is 0 Å².